The molecule has 1 aliphatic rings. The fourth-order valence-electron chi connectivity index (χ4n) is 2.47. The van der Waals surface area contributed by atoms with Crippen LogP contribution in [-0.4, -0.2) is 12.1 Å². The molecule has 0 fully saturated rings. The van der Waals surface area contributed by atoms with Gasteiger partial charge in [0.05, 0.1) is 0 Å². The lowest BCUT2D eigenvalue weighted by Gasteiger charge is -2.42. The summed E-state index contributed by atoms with van der Waals surface area (Å²) in [6.07, 6.45) is 0.870. The first kappa shape index (κ1) is 13.3. The van der Waals surface area contributed by atoms with E-state index in [1.807, 2.05) is 0 Å². The first-order valence-electron chi connectivity index (χ1n) is 6.68. The largest absolute Gasteiger partial charge is 0.487 e. The van der Waals surface area contributed by atoms with E-state index in [-0.39, 0.29) is 17.5 Å². The molecule has 1 aromatic carbocycles. The molecule has 0 bridgehead atoms. The Bertz CT molecular complexity index is 433. The van der Waals surface area contributed by atoms with Gasteiger partial charge in [-0.15, -0.1) is 0 Å². The van der Waals surface area contributed by atoms with Crippen LogP contribution in [0.25, 0.3) is 0 Å². The predicted molar refractivity (Wildman–Crippen MR) is 71.3 cm³/mol. The van der Waals surface area contributed by atoms with E-state index in [2.05, 4.69) is 33.0 Å². The highest BCUT2D eigenvalue weighted by molar-refractivity contribution is 5.39. The van der Waals surface area contributed by atoms with E-state index in [4.69, 9.17) is 4.74 Å². The first-order valence-corrected chi connectivity index (χ1v) is 6.68. The van der Waals surface area contributed by atoms with Crippen LogP contribution in [0, 0.1) is 11.7 Å². The monoisotopic (exact) mass is 251 g/mol. The number of ether oxygens (including phenoxy) is 1. The normalized spacial score (nSPS) is 26.9. The highest BCUT2D eigenvalue weighted by Gasteiger charge is 2.39. The number of halogens is 1. The summed E-state index contributed by atoms with van der Waals surface area (Å²) in [6, 6.07) is 4.97. The number of benzene rings is 1. The zero-order valence-electron chi connectivity index (χ0n) is 11.6. The third-order valence-corrected chi connectivity index (χ3v) is 3.97. The van der Waals surface area contributed by atoms with Crippen LogP contribution < -0.4 is 10.1 Å². The van der Waals surface area contributed by atoms with Gasteiger partial charge in [0.2, 0.25) is 0 Å². The van der Waals surface area contributed by atoms with Crippen LogP contribution in [0.4, 0.5) is 4.39 Å². The maximum absolute atomic E-state index is 13.4. The highest BCUT2D eigenvalue weighted by atomic mass is 19.1. The molecule has 2 rings (SSSR count). The summed E-state index contributed by atoms with van der Waals surface area (Å²) in [5.41, 5.74) is 0.743. The number of hydrogen-bond donors (Lipinski definition) is 1. The Hall–Kier alpha value is -1.09. The second kappa shape index (κ2) is 4.88. The molecule has 2 atom stereocenters. The molecule has 1 aliphatic heterocycles. The molecule has 18 heavy (non-hydrogen) atoms. The molecule has 0 saturated carbocycles. The zero-order valence-corrected chi connectivity index (χ0v) is 11.6. The predicted octanol–water partition coefficient (Wildman–Crippen LogP) is 3.67. The van der Waals surface area contributed by atoms with Gasteiger partial charge in [-0.05, 0) is 37.6 Å². The molecule has 1 N–H and O–H groups in total. The highest BCUT2D eigenvalue weighted by Crippen LogP contribution is 2.42. The molecular weight excluding hydrogens is 229 g/mol. The molecule has 0 saturated heterocycles. The third kappa shape index (κ3) is 2.37. The molecule has 0 amide bonds. The van der Waals surface area contributed by atoms with Crippen molar-refractivity contribution in [3.8, 4) is 5.75 Å². The van der Waals surface area contributed by atoms with Crippen molar-refractivity contribution in [2.45, 2.75) is 45.8 Å². The van der Waals surface area contributed by atoms with Gasteiger partial charge in [0, 0.05) is 18.0 Å². The van der Waals surface area contributed by atoms with Gasteiger partial charge in [0.1, 0.15) is 17.2 Å². The number of fused-ring (bicyclic) bond motifs is 1. The summed E-state index contributed by atoms with van der Waals surface area (Å²) < 4.78 is 19.5. The third-order valence-electron chi connectivity index (χ3n) is 3.97. The van der Waals surface area contributed by atoms with Gasteiger partial charge in [0.15, 0.2) is 0 Å². The Kier molecular flexibility index (Phi) is 3.62. The van der Waals surface area contributed by atoms with Crippen molar-refractivity contribution in [3.63, 3.8) is 0 Å². The standard InChI is InChI=1S/C15H22FNO/c1-5-17-13-9-15(4,10(2)3)18-14-7-6-11(16)8-12(13)14/h6-8,10,13,17H,5,9H2,1-4H3. The van der Waals surface area contributed by atoms with Crippen LogP contribution >= 0.6 is 0 Å². The van der Waals surface area contributed by atoms with Crippen molar-refractivity contribution in [3.05, 3.63) is 29.6 Å². The molecule has 1 aromatic rings. The molecular formula is C15H22FNO. The minimum Gasteiger partial charge on any atom is -0.487 e. The number of nitrogens with one attached hydrogen (secondary N) is 1. The van der Waals surface area contributed by atoms with Gasteiger partial charge in [-0.2, -0.15) is 0 Å². The Morgan fingerprint density at radius 2 is 2.22 bits per heavy atom. The van der Waals surface area contributed by atoms with Crippen LogP contribution in [0.3, 0.4) is 0 Å². The summed E-state index contributed by atoms with van der Waals surface area (Å²) in [6.45, 7) is 9.40. The SMILES string of the molecule is CCNC1CC(C)(C(C)C)Oc2ccc(F)cc21. The van der Waals surface area contributed by atoms with Gasteiger partial charge in [-0.3, -0.25) is 0 Å². The lowest BCUT2D eigenvalue weighted by atomic mass is 9.81. The summed E-state index contributed by atoms with van der Waals surface area (Å²) >= 11 is 0. The fraction of sp³-hybridized carbons (Fsp3) is 0.600. The minimum absolute atomic E-state index is 0.168. The maximum Gasteiger partial charge on any atom is 0.125 e. The van der Waals surface area contributed by atoms with Gasteiger partial charge in [0.25, 0.3) is 0 Å². The lowest BCUT2D eigenvalue weighted by molar-refractivity contribution is 0.00594. The first-order chi connectivity index (χ1) is 8.46. The van der Waals surface area contributed by atoms with E-state index in [0.29, 0.717) is 5.92 Å². The second-order valence-corrected chi connectivity index (χ2v) is 5.57. The Morgan fingerprint density at radius 1 is 1.50 bits per heavy atom. The summed E-state index contributed by atoms with van der Waals surface area (Å²) in [5, 5.41) is 3.43. The molecule has 0 aromatic heterocycles. The van der Waals surface area contributed by atoms with Crippen LogP contribution in [-0.2, 0) is 0 Å². The second-order valence-electron chi connectivity index (χ2n) is 5.57. The van der Waals surface area contributed by atoms with Crippen LogP contribution in [0.15, 0.2) is 18.2 Å². The minimum atomic E-state index is -0.201. The number of hydrogen-bond acceptors (Lipinski definition) is 2. The molecule has 0 radical (unpaired) electrons. The molecule has 3 heteroatoms. The van der Waals surface area contributed by atoms with E-state index in [1.54, 1.807) is 12.1 Å². The summed E-state index contributed by atoms with van der Waals surface area (Å²) in [5.74, 6) is 1.02. The molecule has 0 spiro atoms. The molecule has 0 aliphatic carbocycles. The lowest BCUT2D eigenvalue weighted by Crippen LogP contribution is -2.45. The van der Waals surface area contributed by atoms with Crippen molar-refractivity contribution >= 4 is 0 Å². The van der Waals surface area contributed by atoms with Crippen molar-refractivity contribution in [1.29, 1.82) is 0 Å². The van der Waals surface area contributed by atoms with Crippen molar-refractivity contribution < 1.29 is 9.13 Å². The van der Waals surface area contributed by atoms with Gasteiger partial charge in [-0.1, -0.05) is 20.8 Å². The summed E-state index contributed by atoms with van der Waals surface area (Å²) in [4.78, 5) is 0. The van der Waals surface area contributed by atoms with Crippen LogP contribution in [0.1, 0.15) is 45.7 Å². The van der Waals surface area contributed by atoms with E-state index < -0.39 is 0 Å². The molecule has 2 nitrogen and oxygen atoms in total. The van der Waals surface area contributed by atoms with E-state index in [1.165, 1.54) is 6.07 Å². The molecule has 2 unspecified atom stereocenters. The summed E-state index contributed by atoms with van der Waals surface area (Å²) in [7, 11) is 0. The fourth-order valence-corrected chi connectivity index (χ4v) is 2.47. The molecule has 1 heterocycles. The Labute approximate surface area is 109 Å². The van der Waals surface area contributed by atoms with Gasteiger partial charge < -0.3 is 10.1 Å². The topological polar surface area (TPSA) is 21.3 Å². The van der Waals surface area contributed by atoms with Crippen LogP contribution in [0.5, 0.6) is 5.75 Å². The van der Waals surface area contributed by atoms with Crippen LogP contribution in [0.2, 0.25) is 0 Å². The Morgan fingerprint density at radius 3 is 2.83 bits per heavy atom. The quantitative estimate of drug-likeness (QED) is 0.885. The number of rotatable bonds is 3. The van der Waals surface area contributed by atoms with Crippen molar-refractivity contribution in [1.82, 2.24) is 5.32 Å². The average Bonchev–Trinajstić information content (AvgIpc) is 2.30. The van der Waals surface area contributed by atoms with Crippen molar-refractivity contribution in [2.24, 2.45) is 5.92 Å². The average molecular weight is 251 g/mol. The van der Waals surface area contributed by atoms with E-state index in [9.17, 15) is 4.39 Å². The van der Waals surface area contributed by atoms with Crippen molar-refractivity contribution in [2.75, 3.05) is 6.54 Å². The van der Waals surface area contributed by atoms with Gasteiger partial charge >= 0.3 is 0 Å². The van der Waals surface area contributed by atoms with E-state index >= 15 is 0 Å². The smallest absolute Gasteiger partial charge is 0.125 e. The van der Waals surface area contributed by atoms with Gasteiger partial charge in [-0.25, -0.2) is 4.39 Å². The zero-order chi connectivity index (χ0) is 13.3. The molecule has 100 valence electrons. The Balaban J connectivity index is 2.40. The maximum atomic E-state index is 13.4. The van der Waals surface area contributed by atoms with E-state index in [0.717, 1.165) is 24.3 Å².